The van der Waals surface area contributed by atoms with Crippen molar-refractivity contribution in [2.24, 2.45) is 17.6 Å². The number of hydrogen-bond acceptors (Lipinski definition) is 1. The third-order valence-electron chi connectivity index (χ3n) is 4.05. The molecule has 0 radical (unpaired) electrons. The summed E-state index contributed by atoms with van der Waals surface area (Å²) < 4.78 is 13.5. The van der Waals surface area contributed by atoms with Gasteiger partial charge in [-0.1, -0.05) is 19.4 Å². The molecule has 2 heteroatoms. The molecule has 17 heavy (non-hydrogen) atoms. The molecule has 0 aromatic heterocycles. The molecule has 1 nitrogen and oxygen atoms in total. The first-order valence-electron chi connectivity index (χ1n) is 6.57. The van der Waals surface area contributed by atoms with Crippen LogP contribution in [0.5, 0.6) is 0 Å². The van der Waals surface area contributed by atoms with E-state index in [4.69, 9.17) is 5.73 Å². The Balaban J connectivity index is 2.28. The molecule has 0 heterocycles. The highest BCUT2D eigenvalue weighted by atomic mass is 19.1. The second kappa shape index (κ2) is 5.18. The van der Waals surface area contributed by atoms with Crippen LogP contribution in [0.3, 0.4) is 0 Å². The van der Waals surface area contributed by atoms with E-state index in [9.17, 15) is 4.39 Å². The predicted molar refractivity (Wildman–Crippen MR) is 69.4 cm³/mol. The lowest BCUT2D eigenvalue weighted by atomic mass is 9.71. The van der Waals surface area contributed by atoms with E-state index < -0.39 is 0 Å². The van der Waals surface area contributed by atoms with E-state index in [-0.39, 0.29) is 5.82 Å². The van der Waals surface area contributed by atoms with Crippen molar-refractivity contribution in [2.75, 3.05) is 6.54 Å². The highest BCUT2D eigenvalue weighted by Gasteiger charge is 2.29. The number of rotatable bonds is 2. The maximum Gasteiger partial charge on any atom is 0.123 e. The normalized spacial score (nSPS) is 29.3. The molecule has 3 atom stereocenters. The van der Waals surface area contributed by atoms with Gasteiger partial charge in [-0.15, -0.1) is 0 Å². The fourth-order valence-corrected chi connectivity index (χ4v) is 3.11. The van der Waals surface area contributed by atoms with Gasteiger partial charge in [-0.25, -0.2) is 4.39 Å². The fourth-order valence-electron chi connectivity index (χ4n) is 3.11. The van der Waals surface area contributed by atoms with Crippen LogP contribution in [0.15, 0.2) is 18.2 Å². The van der Waals surface area contributed by atoms with Crippen LogP contribution in [0.4, 0.5) is 4.39 Å². The molecule has 1 aliphatic rings. The molecular formula is C15H22FN. The van der Waals surface area contributed by atoms with Crippen LogP contribution in [0, 0.1) is 24.6 Å². The maximum absolute atomic E-state index is 13.5. The maximum atomic E-state index is 13.5. The molecule has 1 aromatic rings. The van der Waals surface area contributed by atoms with Crippen molar-refractivity contribution in [1.82, 2.24) is 0 Å². The first-order chi connectivity index (χ1) is 8.10. The van der Waals surface area contributed by atoms with Crippen molar-refractivity contribution in [3.8, 4) is 0 Å². The number of hydrogen-bond donors (Lipinski definition) is 1. The van der Waals surface area contributed by atoms with E-state index in [1.807, 2.05) is 6.92 Å². The van der Waals surface area contributed by atoms with Gasteiger partial charge < -0.3 is 5.73 Å². The van der Waals surface area contributed by atoms with Crippen LogP contribution in [-0.4, -0.2) is 6.54 Å². The van der Waals surface area contributed by atoms with Crippen molar-refractivity contribution in [3.05, 3.63) is 35.1 Å². The van der Waals surface area contributed by atoms with Crippen molar-refractivity contribution in [2.45, 2.75) is 39.0 Å². The average Bonchev–Trinajstić information content (AvgIpc) is 2.27. The van der Waals surface area contributed by atoms with Gasteiger partial charge >= 0.3 is 0 Å². The molecule has 2 rings (SSSR count). The van der Waals surface area contributed by atoms with Gasteiger partial charge in [0.1, 0.15) is 5.82 Å². The van der Waals surface area contributed by atoms with Gasteiger partial charge in [0.05, 0.1) is 0 Å². The molecule has 0 spiro atoms. The van der Waals surface area contributed by atoms with Gasteiger partial charge in [0.25, 0.3) is 0 Å². The Morgan fingerprint density at radius 2 is 2.06 bits per heavy atom. The minimum Gasteiger partial charge on any atom is -0.330 e. The summed E-state index contributed by atoms with van der Waals surface area (Å²) in [5.74, 6) is 1.57. The van der Waals surface area contributed by atoms with E-state index in [0.29, 0.717) is 18.4 Å². The summed E-state index contributed by atoms with van der Waals surface area (Å²) in [6.45, 7) is 4.95. The lowest BCUT2D eigenvalue weighted by molar-refractivity contribution is 0.253. The Bertz CT molecular complexity index is 368. The number of halogens is 1. The Hall–Kier alpha value is -0.890. The van der Waals surface area contributed by atoms with Crippen LogP contribution in [0.1, 0.15) is 43.2 Å². The molecule has 1 aliphatic carbocycles. The molecular weight excluding hydrogens is 213 g/mol. The van der Waals surface area contributed by atoms with Crippen LogP contribution < -0.4 is 5.73 Å². The monoisotopic (exact) mass is 235 g/mol. The van der Waals surface area contributed by atoms with E-state index in [0.717, 1.165) is 23.5 Å². The van der Waals surface area contributed by atoms with Gasteiger partial charge in [0.15, 0.2) is 0 Å². The standard InChI is InChI=1S/C15H22FN/c1-10-3-4-12(9-17)15(7-10)13-5-11(2)6-14(16)8-13/h5-6,8,10,12,15H,3-4,7,9,17H2,1-2H3. The Morgan fingerprint density at radius 3 is 2.71 bits per heavy atom. The summed E-state index contributed by atoms with van der Waals surface area (Å²) in [6.07, 6.45) is 3.58. The van der Waals surface area contributed by atoms with Crippen LogP contribution in [-0.2, 0) is 0 Å². The van der Waals surface area contributed by atoms with Gasteiger partial charge in [0, 0.05) is 0 Å². The summed E-state index contributed by atoms with van der Waals surface area (Å²) >= 11 is 0. The molecule has 94 valence electrons. The average molecular weight is 235 g/mol. The zero-order valence-electron chi connectivity index (χ0n) is 10.7. The second-order valence-corrected chi connectivity index (χ2v) is 5.58. The van der Waals surface area contributed by atoms with E-state index in [1.54, 1.807) is 12.1 Å². The summed E-state index contributed by atoms with van der Waals surface area (Å²) in [5, 5.41) is 0. The largest absolute Gasteiger partial charge is 0.330 e. The summed E-state index contributed by atoms with van der Waals surface area (Å²) in [7, 11) is 0. The third-order valence-corrected chi connectivity index (χ3v) is 4.05. The fraction of sp³-hybridized carbons (Fsp3) is 0.600. The van der Waals surface area contributed by atoms with Crippen LogP contribution >= 0.6 is 0 Å². The highest BCUT2D eigenvalue weighted by Crippen LogP contribution is 2.40. The Morgan fingerprint density at radius 1 is 1.29 bits per heavy atom. The SMILES string of the molecule is Cc1cc(F)cc(C2CC(C)CCC2CN)c1. The van der Waals surface area contributed by atoms with Crippen LogP contribution in [0.25, 0.3) is 0 Å². The second-order valence-electron chi connectivity index (χ2n) is 5.58. The minimum atomic E-state index is -0.117. The first-order valence-corrected chi connectivity index (χ1v) is 6.57. The van der Waals surface area contributed by atoms with E-state index in [2.05, 4.69) is 13.0 Å². The molecule has 3 unspecified atom stereocenters. The van der Waals surface area contributed by atoms with Gasteiger partial charge in [-0.3, -0.25) is 0 Å². The molecule has 1 aromatic carbocycles. The van der Waals surface area contributed by atoms with Crippen molar-refractivity contribution in [1.29, 1.82) is 0 Å². The Kier molecular flexibility index (Phi) is 3.82. The topological polar surface area (TPSA) is 26.0 Å². The lowest BCUT2D eigenvalue weighted by Crippen LogP contribution is -2.28. The number of benzene rings is 1. The lowest BCUT2D eigenvalue weighted by Gasteiger charge is -2.34. The number of nitrogens with two attached hydrogens (primary N) is 1. The zero-order valence-corrected chi connectivity index (χ0v) is 10.7. The molecule has 0 aliphatic heterocycles. The molecule has 0 saturated heterocycles. The molecule has 2 N–H and O–H groups in total. The third kappa shape index (κ3) is 2.86. The highest BCUT2D eigenvalue weighted by molar-refractivity contribution is 5.27. The Labute approximate surface area is 103 Å². The number of aryl methyl sites for hydroxylation is 1. The van der Waals surface area contributed by atoms with Crippen molar-refractivity contribution in [3.63, 3.8) is 0 Å². The van der Waals surface area contributed by atoms with Crippen LogP contribution in [0.2, 0.25) is 0 Å². The van der Waals surface area contributed by atoms with E-state index in [1.165, 1.54) is 12.8 Å². The quantitative estimate of drug-likeness (QED) is 0.832. The van der Waals surface area contributed by atoms with Crippen molar-refractivity contribution < 1.29 is 4.39 Å². The summed E-state index contributed by atoms with van der Waals surface area (Å²) in [5.41, 5.74) is 8.01. The smallest absolute Gasteiger partial charge is 0.123 e. The molecule has 0 bridgehead atoms. The van der Waals surface area contributed by atoms with Gasteiger partial charge in [-0.2, -0.15) is 0 Å². The van der Waals surface area contributed by atoms with E-state index >= 15 is 0 Å². The van der Waals surface area contributed by atoms with Gasteiger partial charge in [0.2, 0.25) is 0 Å². The zero-order chi connectivity index (χ0) is 12.4. The summed E-state index contributed by atoms with van der Waals surface area (Å²) in [4.78, 5) is 0. The summed E-state index contributed by atoms with van der Waals surface area (Å²) in [6, 6.07) is 5.40. The first kappa shape index (κ1) is 12.6. The predicted octanol–water partition coefficient (Wildman–Crippen LogP) is 3.61. The van der Waals surface area contributed by atoms with Gasteiger partial charge in [-0.05, 0) is 67.3 Å². The molecule has 1 saturated carbocycles. The molecule has 0 amide bonds. The minimum absolute atomic E-state index is 0.117. The van der Waals surface area contributed by atoms with Crippen molar-refractivity contribution >= 4 is 0 Å². The molecule has 1 fully saturated rings.